The van der Waals surface area contributed by atoms with Crippen molar-refractivity contribution < 1.29 is 14.5 Å². The number of rotatable bonds is 5. The highest BCUT2D eigenvalue weighted by atomic mass is 16.6. The lowest BCUT2D eigenvalue weighted by atomic mass is 10.2. The largest absolute Gasteiger partial charge is 0.373 e. The Hall–Kier alpha value is -2.19. The molecular formula is C16H24N4O4. The van der Waals surface area contributed by atoms with Gasteiger partial charge in [0.05, 0.1) is 17.1 Å². The van der Waals surface area contributed by atoms with Gasteiger partial charge in [-0.05, 0) is 26.8 Å². The molecule has 0 saturated carbocycles. The molecule has 0 aliphatic carbocycles. The van der Waals surface area contributed by atoms with Gasteiger partial charge >= 0.3 is 6.03 Å². The van der Waals surface area contributed by atoms with Crippen LogP contribution in [0, 0.1) is 10.1 Å². The fourth-order valence-electron chi connectivity index (χ4n) is 2.85. The standard InChI is InChI=1S/C16H24N4O4/c1-11(19-9-12(2)24-13(3)10-19)8-17-16(21)18-14-6-4-5-7-15(14)20(22)23/h4-7,11-13H,8-10H2,1-3H3,(H2,17,18,21)/t11-,12-,13+/m0/s1. The van der Waals surface area contributed by atoms with Crippen molar-refractivity contribution in [3.8, 4) is 0 Å². The van der Waals surface area contributed by atoms with Crippen LogP contribution in [0.25, 0.3) is 0 Å². The molecule has 8 nitrogen and oxygen atoms in total. The Morgan fingerprint density at radius 1 is 1.38 bits per heavy atom. The summed E-state index contributed by atoms with van der Waals surface area (Å²) in [4.78, 5) is 24.7. The summed E-state index contributed by atoms with van der Waals surface area (Å²) in [6, 6.07) is 5.76. The van der Waals surface area contributed by atoms with Crippen molar-refractivity contribution in [2.75, 3.05) is 25.0 Å². The van der Waals surface area contributed by atoms with Gasteiger partial charge in [0.15, 0.2) is 0 Å². The molecule has 3 atom stereocenters. The third kappa shape index (κ3) is 4.90. The molecule has 1 heterocycles. The van der Waals surface area contributed by atoms with Crippen molar-refractivity contribution >= 4 is 17.4 Å². The van der Waals surface area contributed by atoms with Gasteiger partial charge in [-0.1, -0.05) is 12.1 Å². The SMILES string of the molecule is C[C@@H]1CN([C@@H](C)CNC(=O)Nc2ccccc2[N+](=O)[O-])C[C@H](C)O1. The molecule has 1 fully saturated rings. The number of urea groups is 1. The van der Waals surface area contributed by atoms with Crippen LogP contribution in [0.15, 0.2) is 24.3 Å². The summed E-state index contributed by atoms with van der Waals surface area (Å²) < 4.78 is 5.70. The van der Waals surface area contributed by atoms with E-state index >= 15 is 0 Å². The van der Waals surface area contributed by atoms with E-state index in [-0.39, 0.29) is 29.6 Å². The summed E-state index contributed by atoms with van der Waals surface area (Å²) in [7, 11) is 0. The van der Waals surface area contributed by atoms with Crippen LogP contribution in [0.4, 0.5) is 16.2 Å². The Morgan fingerprint density at radius 3 is 2.62 bits per heavy atom. The first-order valence-electron chi connectivity index (χ1n) is 8.04. The fourth-order valence-corrected chi connectivity index (χ4v) is 2.85. The van der Waals surface area contributed by atoms with Crippen molar-refractivity contribution in [3.05, 3.63) is 34.4 Å². The van der Waals surface area contributed by atoms with Crippen LogP contribution < -0.4 is 10.6 Å². The number of ether oxygens (including phenoxy) is 1. The molecule has 1 aromatic rings. The van der Waals surface area contributed by atoms with Crippen LogP contribution >= 0.6 is 0 Å². The number of para-hydroxylation sites is 2. The number of benzene rings is 1. The Balaban J connectivity index is 1.86. The zero-order valence-electron chi connectivity index (χ0n) is 14.2. The maximum absolute atomic E-state index is 12.0. The molecule has 0 aromatic heterocycles. The third-order valence-corrected chi connectivity index (χ3v) is 3.98. The van der Waals surface area contributed by atoms with Gasteiger partial charge < -0.3 is 15.4 Å². The van der Waals surface area contributed by atoms with Crippen LogP contribution in [0.1, 0.15) is 20.8 Å². The average molecular weight is 336 g/mol. The summed E-state index contributed by atoms with van der Waals surface area (Å²) in [5.74, 6) is 0. The lowest BCUT2D eigenvalue weighted by Crippen LogP contribution is -2.52. The number of amides is 2. The molecule has 2 rings (SSSR count). The van der Waals surface area contributed by atoms with E-state index in [1.165, 1.54) is 12.1 Å². The monoisotopic (exact) mass is 336 g/mol. The zero-order chi connectivity index (χ0) is 17.7. The first kappa shape index (κ1) is 18.2. The van der Waals surface area contributed by atoms with Crippen LogP contribution in [-0.4, -0.2) is 53.7 Å². The summed E-state index contributed by atoms with van der Waals surface area (Å²) >= 11 is 0. The van der Waals surface area contributed by atoms with Gasteiger partial charge in [0.2, 0.25) is 0 Å². The number of anilines is 1. The summed E-state index contributed by atoms with van der Waals surface area (Å²) in [5, 5.41) is 16.3. The van der Waals surface area contributed by atoms with Crippen molar-refractivity contribution in [3.63, 3.8) is 0 Å². The van der Waals surface area contributed by atoms with E-state index in [2.05, 4.69) is 15.5 Å². The van der Waals surface area contributed by atoms with Gasteiger partial charge in [0.25, 0.3) is 5.69 Å². The molecule has 1 aliphatic heterocycles. The third-order valence-electron chi connectivity index (χ3n) is 3.98. The van der Waals surface area contributed by atoms with Gasteiger partial charge in [-0.2, -0.15) is 0 Å². The van der Waals surface area contributed by atoms with Gasteiger partial charge in [-0.25, -0.2) is 4.79 Å². The molecule has 24 heavy (non-hydrogen) atoms. The van der Waals surface area contributed by atoms with Crippen molar-refractivity contribution in [2.24, 2.45) is 0 Å². The number of carbonyl (C=O) groups excluding carboxylic acids is 1. The highest BCUT2D eigenvalue weighted by Gasteiger charge is 2.26. The maximum Gasteiger partial charge on any atom is 0.319 e. The Kier molecular flexibility index (Phi) is 6.10. The topological polar surface area (TPSA) is 96.7 Å². The molecule has 1 saturated heterocycles. The average Bonchev–Trinajstić information content (AvgIpc) is 2.52. The predicted octanol–water partition coefficient (Wildman–Crippen LogP) is 2.21. The second-order valence-electron chi connectivity index (χ2n) is 6.17. The minimum atomic E-state index is -0.519. The normalized spacial score (nSPS) is 22.6. The molecular weight excluding hydrogens is 312 g/mol. The van der Waals surface area contributed by atoms with Crippen LogP contribution in [0.2, 0.25) is 0 Å². The molecule has 8 heteroatoms. The smallest absolute Gasteiger partial charge is 0.319 e. The van der Waals surface area contributed by atoms with Gasteiger partial charge in [0.1, 0.15) is 5.69 Å². The molecule has 1 aliphatic rings. The van der Waals surface area contributed by atoms with Crippen molar-refractivity contribution in [1.29, 1.82) is 0 Å². The summed E-state index contributed by atoms with van der Waals surface area (Å²) in [6.45, 7) is 8.19. The van der Waals surface area contributed by atoms with E-state index in [9.17, 15) is 14.9 Å². The lowest BCUT2D eigenvalue weighted by molar-refractivity contribution is -0.383. The second kappa shape index (κ2) is 8.07. The van der Waals surface area contributed by atoms with E-state index < -0.39 is 11.0 Å². The number of hydrogen-bond acceptors (Lipinski definition) is 5. The minimum absolute atomic E-state index is 0.128. The molecule has 0 unspecified atom stereocenters. The van der Waals surface area contributed by atoms with E-state index in [0.29, 0.717) is 6.54 Å². The van der Waals surface area contributed by atoms with Crippen molar-refractivity contribution in [2.45, 2.75) is 39.0 Å². The number of morpholine rings is 1. The predicted molar refractivity (Wildman–Crippen MR) is 91.2 cm³/mol. The first-order valence-corrected chi connectivity index (χ1v) is 8.04. The number of carbonyl (C=O) groups is 1. The molecule has 1 aromatic carbocycles. The fraction of sp³-hybridized carbons (Fsp3) is 0.562. The second-order valence-corrected chi connectivity index (χ2v) is 6.17. The molecule has 0 radical (unpaired) electrons. The molecule has 0 bridgehead atoms. The van der Waals surface area contributed by atoms with Gasteiger partial charge in [-0.3, -0.25) is 15.0 Å². The maximum atomic E-state index is 12.0. The summed E-state index contributed by atoms with van der Waals surface area (Å²) in [6.07, 6.45) is 0.328. The number of hydrogen-bond donors (Lipinski definition) is 2. The van der Waals surface area contributed by atoms with E-state index in [4.69, 9.17) is 4.74 Å². The Labute approximate surface area is 141 Å². The number of nitro groups is 1. The summed E-state index contributed by atoms with van der Waals surface area (Å²) in [5.41, 5.74) is 0.0535. The minimum Gasteiger partial charge on any atom is -0.373 e. The Bertz CT molecular complexity index is 585. The van der Waals surface area contributed by atoms with E-state index in [1.54, 1.807) is 12.1 Å². The quantitative estimate of drug-likeness (QED) is 0.635. The van der Waals surface area contributed by atoms with Crippen LogP contribution in [0.5, 0.6) is 0 Å². The highest BCUT2D eigenvalue weighted by Crippen LogP contribution is 2.22. The molecule has 2 N–H and O–H groups in total. The number of nitrogens with one attached hydrogen (secondary N) is 2. The number of nitro benzene ring substituents is 1. The molecule has 132 valence electrons. The first-order chi connectivity index (χ1) is 11.4. The van der Waals surface area contributed by atoms with E-state index in [0.717, 1.165) is 13.1 Å². The molecule has 0 spiro atoms. The highest BCUT2D eigenvalue weighted by molar-refractivity contribution is 5.91. The van der Waals surface area contributed by atoms with E-state index in [1.807, 2.05) is 20.8 Å². The zero-order valence-corrected chi connectivity index (χ0v) is 14.2. The number of nitrogens with zero attached hydrogens (tertiary/aromatic N) is 2. The van der Waals surface area contributed by atoms with Gasteiger partial charge in [0, 0.05) is 31.7 Å². The molecule has 2 amide bonds. The van der Waals surface area contributed by atoms with Gasteiger partial charge in [-0.15, -0.1) is 0 Å². The van der Waals surface area contributed by atoms with Crippen LogP contribution in [0.3, 0.4) is 0 Å². The van der Waals surface area contributed by atoms with Crippen LogP contribution in [-0.2, 0) is 4.74 Å². The van der Waals surface area contributed by atoms with Crippen molar-refractivity contribution in [1.82, 2.24) is 10.2 Å². The Morgan fingerprint density at radius 2 is 2.00 bits per heavy atom. The lowest BCUT2D eigenvalue weighted by Gasteiger charge is -2.38.